The van der Waals surface area contributed by atoms with E-state index in [1.165, 1.54) is 0 Å². The fraction of sp³-hybridized carbons (Fsp3) is 0.667. The molecule has 1 saturated carbocycles. The lowest BCUT2D eigenvalue weighted by molar-refractivity contribution is -0.0891. The van der Waals surface area contributed by atoms with Crippen LogP contribution in [0.25, 0.3) is 0 Å². The maximum Gasteiger partial charge on any atom is 0.166 e. The lowest BCUT2D eigenvalue weighted by atomic mass is 9.63. The molecule has 5 heteroatoms. The van der Waals surface area contributed by atoms with Crippen LogP contribution in [0.3, 0.4) is 0 Å². The molecule has 128 valence electrons. The van der Waals surface area contributed by atoms with Gasteiger partial charge < -0.3 is 24.6 Å². The maximum absolute atomic E-state index is 10.9. The van der Waals surface area contributed by atoms with Crippen LogP contribution in [-0.2, 0) is 5.41 Å². The second kappa shape index (κ2) is 5.96. The van der Waals surface area contributed by atoms with Gasteiger partial charge in [0.25, 0.3) is 0 Å². The van der Waals surface area contributed by atoms with E-state index < -0.39 is 23.7 Å². The Morgan fingerprint density at radius 1 is 1.30 bits per heavy atom. The summed E-state index contributed by atoms with van der Waals surface area (Å²) in [6.45, 7) is 2.86. The first-order valence-electron chi connectivity index (χ1n) is 8.27. The van der Waals surface area contributed by atoms with Gasteiger partial charge in [-0.1, -0.05) is 6.07 Å². The molecule has 0 saturated heterocycles. The van der Waals surface area contributed by atoms with Gasteiger partial charge >= 0.3 is 0 Å². The van der Waals surface area contributed by atoms with E-state index in [9.17, 15) is 10.2 Å². The van der Waals surface area contributed by atoms with E-state index >= 15 is 0 Å². The fourth-order valence-corrected chi connectivity index (χ4v) is 4.25. The molecule has 1 aliphatic carbocycles. The number of aliphatic hydroxyl groups is 2. The zero-order chi connectivity index (χ0) is 16.8. The van der Waals surface area contributed by atoms with E-state index in [1.807, 2.05) is 33.2 Å². The van der Waals surface area contributed by atoms with Crippen molar-refractivity contribution in [3.63, 3.8) is 0 Å². The number of nitrogens with zero attached hydrogens (tertiary/aromatic N) is 1. The number of benzene rings is 1. The molecule has 1 aromatic carbocycles. The molecule has 0 radical (unpaired) electrons. The molecule has 2 N–H and O–H groups in total. The van der Waals surface area contributed by atoms with Gasteiger partial charge in [0.1, 0.15) is 6.10 Å². The number of hydrogen-bond acceptors (Lipinski definition) is 5. The first-order valence-corrected chi connectivity index (χ1v) is 8.27. The SMILES string of the molecule is COc1ccc(C)c2c1O[C@H]1[C@@H](O)CC[C@@H](O)[C@@]21CCN(C)C. The van der Waals surface area contributed by atoms with Gasteiger partial charge in [-0.05, 0) is 58.5 Å². The highest BCUT2D eigenvalue weighted by molar-refractivity contribution is 5.59. The van der Waals surface area contributed by atoms with Gasteiger partial charge in [-0.25, -0.2) is 0 Å². The molecule has 1 heterocycles. The van der Waals surface area contributed by atoms with Crippen LogP contribution < -0.4 is 9.47 Å². The third-order valence-corrected chi connectivity index (χ3v) is 5.42. The van der Waals surface area contributed by atoms with Crippen LogP contribution in [0, 0.1) is 6.92 Å². The van der Waals surface area contributed by atoms with Crippen molar-refractivity contribution in [2.24, 2.45) is 0 Å². The number of fused-ring (bicyclic) bond motifs is 3. The van der Waals surface area contributed by atoms with Gasteiger partial charge in [0.15, 0.2) is 11.5 Å². The minimum absolute atomic E-state index is 0.420. The Labute approximate surface area is 137 Å². The van der Waals surface area contributed by atoms with Gasteiger partial charge in [-0.15, -0.1) is 0 Å². The zero-order valence-corrected chi connectivity index (χ0v) is 14.4. The number of hydrogen-bond donors (Lipinski definition) is 2. The first kappa shape index (κ1) is 16.6. The van der Waals surface area contributed by atoms with E-state index in [4.69, 9.17) is 9.47 Å². The molecule has 0 unspecified atom stereocenters. The average molecular weight is 321 g/mol. The summed E-state index contributed by atoms with van der Waals surface area (Å²) in [7, 11) is 5.66. The van der Waals surface area contributed by atoms with Crippen molar-refractivity contribution in [2.75, 3.05) is 27.7 Å². The Morgan fingerprint density at radius 3 is 2.70 bits per heavy atom. The van der Waals surface area contributed by atoms with Crippen molar-refractivity contribution >= 4 is 0 Å². The number of aliphatic hydroxyl groups excluding tert-OH is 2. The molecule has 2 aliphatic rings. The van der Waals surface area contributed by atoms with E-state index in [-0.39, 0.29) is 0 Å². The predicted octanol–water partition coefficient (Wildman–Crippen LogP) is 1.47. The quantitative estimate of drug-likeness (QED) is 0.879. The molecule has 3 rings (SSSR count). The van der Waals surface area contributed by atoms with E-state index in [1.54, 1.807) is 7.11 Å². The summed E-state index contributed by atoms with van der Waals surface area (Å²) in [6.07, 6.45) is 0.371. The van der Waals surface area contributed by atoms with Crippen LogP contribution >= 0.6 is 0 Å². The summed E-state index contributed by atoms with van der Waals surface area (Å²) in [5.74, 6) is 1.36. The third-order valence-electron chi connectivity index (χ3n) is 5.42. The van der Waals surface area contributed by atoms with Gasteiger partial charge in [0.05, 0.1) is 24.7 Å². The molecule has 5 nitrogen and oxygen atoms in total. The highest BCUT2D eigenvalue weighted by Crippen LogP contribution is 2.56. The van der Waals surface area contributed by atoms with Crippen LogP contribution in [0.1, 0.15) is 30.4 Å². The van der Waals surface area contributed by atoms with E-state index in [2.05, 4.69) is 4.90 Å². The summed E-state index contributed by atoms with van der Waals surface area (Å²) in [5.41, 5.74) is 1.51. The molecule has 1 aromatic rings. The van der Waals surface area contributed by atoms with Crippen LogP contribution in [0.4, 0.5) is 0 Å². The molecule has 1 fully saturated rings. The molecule has 0 amide bonds. The Hall–Kier alpha value is -1.30. The van der Waals surface area contributed by atoms with Crippen molar-refractivity contribution < 1.29 is 19.7 Å². The minimum atomic E-state index is -0.574. The monoisotopic (exact) mass is 321 g/mol. The highest BCUT2D eigenvalue weighted by atomic mass is 16.5. The maximum atomic E-state index is 10.9. The van der Waals surface area contributed by atoms with Crippen LogP contribution in [0.2, 0.25) is 0 Å². The molecular weight excluding hydrogens is 294 g/mol. The summed E-state index contributed by atoms with van der Waals surface area (Å²) < 4.78 is 11.6. The number of methoxy groups -OCH3 is 1. The molecule has 1 aliphatic heterocycles. The second-order valence-corrected chi connectivity index (χ2v) is 7.08. The summed E-state index contributed by atoms with van der Waals surface area (Å²) in [5, 5.41) is 21.5. The molecular formula is C18H27NO4. The topological polar surface area (TPSA) is 62.2 Å². The van der Waals surface area contributed by atoms with E-state index in [0.717, 1.165) is 24.1 Å². The molecule has 23 heavy (non-hydrogen) atoms. The second-order valence-electron chi connectivity index (χ2n) is 7.08. The standard InChI is InChI=1S/C18H27NO4/c1-11-5-7-13(22-4)16-15(11)18(9-10-19(2)3)14(21)8-6-12(20)17(18)23-16/h5,7,12,14,17,20-21H,6,8-10H2,1-4H3/t12-,14+,17-,18-/m0/s1. The van der Waals surface area contributed by atoms with Gasteiger partial charge in [0.2, 0.25) is 0 Å². The lowest BCUT2D eigenvalue weighted by Crippen LogP contribution is -2.58. The Kier molecular flexibility index (Phi) is 4.29. The number of rotatable bonds is 4. The van der Waals surface area contributed by atoms with Crippen LogP contribution in [-0.4, -0.2) is 61.2 Å². The first-order chi connectivity index (χ1) is 10.9. The van der Waals surface area contributed by atoms with Crippen molar-refractivity contribution in [3.8, 4) is 11.5 Å². The Morgan fingerprint density at radius 2 is 2.04 bits per heavy atom. The normalized spacial score (nSPS) is 32.4. The third kappa shape index (κ3) is 2.42. The van der Waals surface area contributed by atoms with Crippen LogP contribution in [0.15, 0.2) is 12.1 Å². The van der Waals surface area contributed by atoms with Crippen molar-refractivity contribution in [1.29, 1.82) is 0 Å². The lowest BCUT2D eigenvalue weighted by Gasteiger charge is -2.45. The predicted molar refractivity (Wildman–Crippen MR) is 88.2 cm³/mol. The zero-order valence-electron chi connectivity index (χ0n) is 14.4. The molecule has 0 spiro atoms. The summed E-state index contributed by atoms with van der Waals surface area (Å²) >= 11 is 0. The Bertz CT molecular complexity index is 589. The highest BCUT2D eigenvalue weighted by Gasteiger charge is 2.59. The van der Waals surface area contributed by atoms with Crippen molar-refractivity contribution in [2.45, 2.75) is 49.9 Å². The average Bonchev–Trinajstić information content (AvgIpc) is 2.88. The summed E-state index contributed by atoms with van der Waals surface area (Å²) in [6, 6.07) is 3.90. The fourth-order valence-electron chi connectivity index (χ4n) is 4.25. The number of ether oxygens (including phenoxy) is 2. The van der Waals surface area contributed by atoms with E-state index in [0.29, 0.717) is 24.3 Å². The van der Waals surface area contributed by atoms with Crippen molar-refractivity contribution in [3.05, 3.63) is 23.3 Å². The summed E-state index contributed by atoms with van der Waals surface area (Å²) in [4.78, 5) is 2.10. The van der Waals surface area contributed by atoms with Gasteiger partial charge in [-0.2, -0.15) is 0 Å². The molecule has 4 atom stereocenters. The molecule has 0 bridgehead atoms. The van der Waals surface area contributed by atoms with Gasteiger partial charge in [-0.3, -0.25) is 0 Å². The minimum Gasteiger partial charge on any atom is -0.493 e. The Balaban J connectivity index is 2.17. The number of aryl methyl sites for hydroxylation is 1. The smallest absolute Gasteiger partial charge is 0.166 e. The molecule has 0 aromatic heterocycles. The van der Waals surface area contributed by atoms with Crippen molar-refractivity contribution in [1.82, 2.24) is 4.90 Å². The van der Waals surface area contributed by atoms with Gasteiger partial charge in [0, 0.05) is 5.56 Å². The van der Waals surface area contributed by atoms with Crippen LogP contribution in [0.5, 0.6) is 11.5 Å². The largest absolute Gasteiger partial charge is 0.493 e.